The van der Waals surface area contributed by atoms with Gasteiger partial charge in [-0.05, 0) is 12.5 Å². The van der Waals surface area contributed by atoms with Crippen LogP contribution >= 0.6 is 12.6 Å². The van der Waals surface area contributed by atoms with Gasteiger partial charge in [-0.2, -0.15) is 12.6 Å². The second-order valence-corrected chi connectivity index (χ2v) is 4.23. The Morgan fingerprint density at radius 1 is 1.26 bits per heavy atom. The summed E-state index contributed by atoms with van der Waals surface area (Å²) in [7, 11) is 0. The van der Waals surface area contributed by atoms with Crippen molar-refractivity contribution >= 4 is 24.4 Å². The lowest BCUT2D eigenvalue weighted by atomic mass is 10.0. The number of rotatable bonds is 6. The molecule has 0 fully saturated rings. The monoisotopic (exact) mass is 284 g/mol. The SMILES string of the molecule is CCOC(=O)C(=O)c1ccc(C(O)C(O)CS)cc1. The number of hydrogen-bond acceptors (Lipinski definition) is 6. The summed E-state index contributed by atoms with van der Waals surface area (Å²) in [5.74, 6) is -1.53. The lowest BCUT2D eigenvalue weighted by molar-refractivity contribution is -0.137. The molecule has 104 valence electrons. The van der Waals surface area contributed by atoms with E-state index in [-0.39, 0.29) is 17.9 Å². The zero-order valence-electron chi connectivity index (χ0n) is 10.4. The predicted molar refractivity (Wildman–Crippen MR) is 72.2 cm³/mol. The summed E-state index contributed by atoms with van der Waals surface area (Å²) >= 11 is 3.88. The maximum atomic E-state index is 11.6. The van der Waals surface area contributed by atoms with Gasteiger partial charge >= 0.3 is 5.97 Å². The molecule has 5 nitrogen and oxygen atoms in total. The fourth-order valence-corrected chi connectivity index (χ4v) is 1.67. The highest BCUT2D eigenvalue weighted by Crippen LogP contribution is 2.18. The summed E-state index contributed by atoms with van der Waals surface area (Å²) in [4.78, 5) is 22.9. The van der Waals surface area contributed by atoms with Crippen LogP contribution in [0.1, 0.15) is 28.9 Å². The van der Waals surface area contributed by atoms with Crippen LogP contribution in [0, 0.1) is 0 Å². The molecule has 2 unspecified atom stereocenters. The number of Topliss-reactive ketones (excluding diaryl/α,β-unsaturated/α-hetero) is 1. The topological polar surface area (TPSA) is 83.8 Å². The van der Waals surface area contributed by atoms with E-state index in [1.54, 1.807) is 6.92 Å². The molecule has 2 N–H and O–H groups in total. The van der Waals surface area contributed by atoms with E-state index in [0.29, 0.717) is 5.56 Å². The normalized spacial score (nSPS) is 13.7. The minimum Gasteiger partial charge on any atom is -0.460 e. The van der Waals surface area contributed by atoms with Crippen LogP contribution in [0.15, 0.2) is 24.3 Å². The summed E-state index contributed by atoms with van der Waals surface area (Å²) in [5, 5.41) is 19.2. The van der Waals surface area contributed by atoms with Gasteiger partial charge in [0.15, 0.2) is 0 Å². The van der Waals surface area contributed by atoms with Crippen molar-refractivity contribution < 1.29 is 24.5 Å². The van der Waals surface area contributed by atoms with Gasteiger partial charge in [0, 0.05) is 11.3 Å². The standard InChI is InChI=1S/C13H16O5S/c1-2-18-13(17)12(16)9-5-3-8(4-6-9)11(15)10(14)7-19/h3-6,10-11,14-15,19H,2,7H2,1H3. The first kappa shape index (κ1) is 15.7. The van der Waals surface area contributed by atoms with Gasteiger partial charge in [-0.25, -0.2) is 4.79 Å². The van der Waals surface area contributed by atoms with Crippen molar-refractivity contribution in [3.05, 3.63) is 35.4 Å². The van der Waals surface area contributed by atoms with Crippen molar-refractivity contribution in [1.82, 2.24) is 0 Å². The Morgan fingerprint density at radius 3 is 2.32 bits per heavy atom. The molecular formula is C13H16O5S. The number of aliphatic hydroxyl groups is 2. The first-order chi connectivity index (χ1) is 9.01. The molecule has 1 rings (SSSR count). The number of thiol groups is 1. The number of benzene rings is 1. The van der Waals surface area contributed by atoms with Crippen LogP contribution in [-0.2, 0) is 9.53 Å². The van der Waals surface area contributed by atoms with Crippen molar-refractivity contribution in [2.75, 3.05) is 12.4 Å². The van der Waals surface area contributed by atoms with Crippen LogP contribution in [-0.4, -0.2) is 40.4 Å². The van der Waals surface area contributed by atoms with Crippen LogP contribution < -0.4 is 0 Å². The Morgan fingerprint density at radius 2 is 1.84 bits per heavy atom. The molecule has 2 atom stereocenters. The van der Waals surface area contributed by atoms with Crippen LogP contribution in [0.2, 0.25) is 0 Å². The highest BCUT2D eigenvalue weighted by molar-refractivity contribution is 7.80. The molecule has 0 aliphatic rings. The number of carbonyl (C=O) groups is 2. The van der Waals surface area contributed by atoms with E-state index in [1.807, 2.05) is 0 Å². The molecule has 19 heavy (non-hydrogen) atoms. The van der Waals surface area contributed by atoms with E-state index >= 15 is 0 Å². The van der Waals surface area contributed by atoms with E-state index in [0.717, 1.165) is 0 Å². The van der Waals surface area contributed by atoms with E-state index in [9.17, 15) is 19.8 Å². The Hall–Kier alpha value is -1.37. The van der Waals surface area contributed by atoms with Gasteiger partial charge in [-0.3, -0.25) is 4.79 Å². The average molecular weight is 284 g/mol. The molecule has 0 aliphatic carbocycles. The van der Waals surface area contributed by atoms with Crippen molar-refractivity contribution in [2.45, 2.75) is 19.1 Å². The van der Waals surface area contributed by atoms with E-state index in [4.69, 9.17) is 0 Å². The van der Waals surface area contributed by atoms with Gasteiger partial charge in [0.2, 0.25) is 0 Å². The van der Waals surface area contributed by atoms with Crippen molar-refractivity contribution in [3.8, 4) is 0 Å². The molecule has 1 aromatic rings. The summed E-state index contributed by atoms with van der Waals surface area (Å²) in [6.07, 6.45) is -2.07. The minimum absolute atomic E-state index is 0.116. The molecule has 1 aromatic carbocycles. The van der Waals surface area contributed by atoms with Gasteiger partial charge in [-0.1, -0.05) is 24.3 Å². The molecule has 0 radical (unpaired) electrons. The first-order valence-corrected chi connectivity index (χ1v) is 6.42. The third-order valence-corrected chi connectivity index (χ3v) is 2.90. The first-order valence-electron chi connectivity index (χ1n) is 5.79. The minimum atomic E-state index is -1.08. The van der Waals surface area contributed by atoms with Gasteiger partial charge in [0.05, 0.1) is 12.7 Å². The van der Waals surface area contributed by atoms with Crippen molar-refractivity contribution in [2.24, 2.45) is 0 Å². The highest BCUT2D eigenvalue weighted by atomic mass is 32.1. The fourth-order valence-electron chi connectivity index (χ4n) is 1.47. The highest BCUT2D eigenvalue weighted by Gasteiger charge is 2.20. The second kappa shape index (κ2) is 7.28. The number of aliphatic hydroxyl groups excluding tert-OH is 2. The molecule has 0 spiro atoms. The lowest BCUT2D eigenvalue weighted by Gasteiger charge is -2.16. The van der Waals surface area contributed by atoms with Crippen LogP contribution in [0.3, 0.4) is 0 Å². The molecule has 0 saturated heterocycles. The zero-order chi connectivity index (χ0) is 14.4. The lowest BCUT2D eigenvalue weighted by Crippen LogP contribution is -2.20. The molecule has 6 heteroatoms. The Bertz CT molecular complexity index is 443. The summed E-state index contributed by atoms with van der Waals surface area (Å²) in [6.45, 7) is 1.75. The fraction of sp³-hybridized carbons (Fsp3) is 0.385. The van der Waals surface area contributed by atoms with E-state index in [2.05, 4.69) is 17.4 Å². The quantitative estimate of drug-likeness (QED) is 0.311. The van der Waals surface area contributed by atoms with Crippen LogP contribution in [0.25, 0.3) is 0 Å². The van der Waals surface area contributed by atoms with Gasteiger partial charge < -0.3 is 14.9 Å². The summed E-state index contributed by atoms with van der Waals surface area (Å²) < 4.78 is 4.60. The third-order valence-electron chi connectivity index (χ3n) is 2.53. The largest absolute Gasteiger partial charge is 0.460 e. The zero-order valence-corrected chi connectivity index (χ0v) is 11.3. The van der Waals surface area contributed by atoms with Gasteiger partial charge in [0.1, 0.15) is 6.10 Å². The smallest absolute Gasteiger partial charge is 0.379 e. The van der Waals surface area contributed by atoms with Crippen LogP contribution in [0.5, 0.6) is 0 Å². The molecule has 0 heterocycles. The Balaban J connectivity index is 2.82. The number of esters is 1. The van der Waals surface area contributed by atoms with Crippen LogP contribution in [0.4, 0.5) is 0 Å². The summed E-state index contributed by atoms with van der Waals surface area (Å²) in [5.41, 5.74) is 0.622. The molecule has 0 aromatic heterocycles. The summed E-state index contributed by atoms with van der Waals surface area (Å²) in [6, 6.07) is 5.76. The van der Waals surface area contributed by atoms with Crippen molar-refractivity contribution in [3.63, 3.8) is 0 Å². The molecule has 0 bridgehead atoms. The van der Waals surface area contributed by atoms with E-state index < -0.39 is 24.0 Å². The average Bonchev–Trinajstić information content (AvgIpc) is 2.45. The second-order valence-electron chi connectivity index (χ2n) is 3.87. The molecule has 0 saturated carbocycles. The molecular weight excluding hydrogens is 268 g/mol. The number of ether oxygens (including phenoxy) is 1. The van der Waals surface area contributed by atoms with Gasteiger partial charge in [-0.15, -0.1) is 0 Å². The van der Waals surface area contributed by atoms with Gasteiger partial charge in [0.25, 0.3) is 5.78 Å². The maximum absolute atomic E-state index is 11.6. The molecule has 0 amide bonds. The number of carbonyl (C=O) groups excluding carboxylic acids is 2. The maximum Gasteiger partial charge on any atom is 0.379 e. The Labute approximate surface area is 116 Å². The van der Waals surface area contributed by atoms with Crippen molar-refractivity contribution in [1.29, 1.82) is 0 Å². The molecule has 0 aliphatic heterocycles. The number of ketones is 1. The predicted octanol–water partition coefficient (Wildman–Crippen LogP) is 0.756. The third kappa shape index (κ3) is 4.05. The number of hydrogen-bond donors (Lipinski definition) is 3. The van der Waals surface area contributed by atoms with E-state index in [1.165, 1.54) is 24.3 Å². The Kier molecular flexibility index (Phi) is 6.01.